The summed E-state index contributed by atoms with van der Waals surface area (Å²) in [6.45, 7) is 0.635. The summed E-state index contributed by atoms with van der Waals surface area (Å²) in [7, 11) is 1.82. The van der Waals surface area contributed by atoms with Gasteiger partial charge in [0.2, 0.25) is 11.8 Å². The summed E-state index contributed by atoms with van der Waals surface area (Å²) in [5.74, 6) is -0.00791. The lowest BCUT2D eigenvalue weighted by molar-refractivity contribution is -0.131. The van der Waals surface area contributed by atoms with Crippen molar-refractivity contribution in [1.29, 1.82) is 0 Å². The van der Waals surface area contributed by atoms with Crippen LogP contribution in [-0.4, -0.2) is 23.8 Å². The highest BCUT2D eigenvalue weighted by Crippen LogP contribution is 2.27. The fraction of sp³-hybridized carbons (Fsp3) is 0.333. The molecule has 1 atom stereocenters. The van der Waals surface area contributed by atoms with Crippen LogP contribution >= 0.6 is 11.3 Å². The molecule has 0 saturated carbocycles. The van der Waals surface area contributed by atoms with E-state index in [1.807, 2.05) is 48.8 Å². The molecule has 1 aromatic heterocycles. The second-order valence-electron chi connectivity index (χ2n) is 5.92. The number of thiophene rings is 1. The fourth-order valence-corrected chi connectivity index (χ4v) is 3.62. The van der Waals surface area contributed by atoms with E-state index in [0.717, 1.165) is 11.3 Å². The quantitative estimate of drug-likeness (QED) is 0.915. The molecule has 2 amide bonds. The van der Waals surface area contributed by atoms with Gasteiger partial charge in [0.25, 0.3) is 0 Å². The van der Waals surface area contributed by atoms with Crippen LogP contribution in [0.2, 0.25) is 0 Å². The molecule has 1 N–H and O–H groups in total. The monoisotopic (exact) mass is 328 g/mol. The van der Waals surface area contributed by atoms with Crippen molar-refractivity contribution >= 4 is 28.8 Å². The topological polar surface area (TPSA) is 49.4 Å². The Morgan fingerprint density at radius 2 is 2.13 bits per heavy atom. The van der Waals surface area contributed by atoms with E-state index < -0.39 is 0 Å². The number of nitrogens with one attached hydrogen (secondary N) is 1. The highest BCUT2D eigenvalue weighted by Gasteiger charge is 2.26. The summed E-state index contributed by atoms with van der Waals surface area (Å²) in [6.07, 6.45) is 1.71. The van der Waals surface area contributed by atoms with Crippen molar-refractivity contribution in [3.05, 3.63) is 52.2 Å². The normalized spacial score (nSPS) is 16.6. The highest BCUT2D eigenvalue weighted by molar-refractivity contribution is 7.09. The predicted molar refractivity (Wildman–Crippen MR) is 92.3 cm³/mol. The molecule has 0 radical (unpaired) electrons. The molecular formula is C18H20N2O2S. The molecule has 1 aliphatic rings. The van der Waals surface area contributed by atoms with Crippen LogP contribution in [0.1, 0.15) is 23.3 Å². The highest BCUT2D eigenvalue weighted by atomic mass is 32.1. The molecule has 1 aliphatic heterocycles. The minimum absolute atomic E-state index is 0.0254. The van der Waals surface area contributed by atoms with E-state index >= 15 is 0 Å². The van der Waals surface area contributed by atoms with Gasteiger partial charge in [-0.1, -0.05) is 24.3 Å². The summed E-state index contributed by atoms with van der Waals surface area (Å²) in [6, 6.07) is 11.9. The predicted octanol–water partition coefficient (Wildman–Crippen LogP) is 3.30. The second-order valence-corrected chi connectivity index (χ2v) is 6.95. The van der Waals surface area contributed by atoms with E-state index in [-0.39, 0.29) is 17.7 Å². The first kappa shape index (κ1) is 15.7. The number of nitrogens with zero attached hydrogens (tertiary/aromatic N) is 1. The average molecular weight is 328 g/mol. The SMILES string of the molecule is CN(Cc1cccs1)C(=O)CCC1Cc2ccccc2NC1=O. The molecule has 0 fully saturated rings. The minimum atomic E-state index is -0.121. The summed E-state index contributed by atoms with van der Waals surface area (Å²) in [5.41, 5.74) is 2.05. The average Bonchev–Trinajstić information content (AvgIpc) is 3.05. The third kappa shape index (κ3) is 3.79. The van der Waals surface area contributed by atoms with Crippen molar-refractivity contribution in [2.75, 3.05) is 12.4 Å². The van der Waals surface area contributed by atoms with Gasteiger partial charge in [-0.15, -0.1) is 11.3 Å². The van der Waals surface area contributed by atoms with Crippen molar-refractivity contribution in [1.82, 2.24) is 4.90 Å². The maximum atomic E-state index is 12.3. The maximum absolute atomic E-state index is 12.3. The Bertz CT molecular complexity index is 697. The van der Waals surface area contributed by atoms with Crippen molar-refractivity contribution in [2.24, 2.45) is 5.92 Å². The smallest absolute Gasteiger partial charge is 0.227 e. The van der Waals surface area contributed by atoms with Crippen LogP contribution in [0.3, 0.4) is 0 Å². The fourth-order valence-electron chi connectivity index (χ4n) is 2.86. The molecule has 23 heavy (non-hydrogen) atoms. The number of carbonyl (C=O) groups excluding carboxylic acids is 2. The summed E-state index contributed by atoms with van der Waals surface area (Å²) >= 11 is 1.65. The molecule has 1 aromatic carbocycles. The van der Waals surface area contributed by atoms with Gasteiger partial charge in [-0.05, 0) is 35.9 Å². The van der Waals surface area contributed by atoms with Crippen LogP contribution in [0.15, 0.2) is 41.8 Å². The molecule has 0 aliphatic carbocycles. The molecule has 1 unspecified atom stereocenters. The molecule has 2 aromatic rings. The number of fused-ring (bicyclic) bond motifs is 1. The van der Waals surface area contributed by atoms with E-state index in [1.54, 1.807) is 16.2 Å². The summed E-state index contributed by atoms with van der Waals surface area (Å²) < 4.78 is 0. The van der Waals surface area contributed by atoms with Gasteiger partial charge in [-0.3, -0.25) is 9.59 Å². The Kier molecular flexibility index (Phi) is 4.76. The Hall–Kier alpha value is -2.14. The molecule has 0 saturated heterocycles. The van der Waals surface area contributed by atoms with Gasteiger partial charge in [0.1, 0.15) is 0 Å². The largest absolute Gasteiger partial charge is 0.341 e. The molecule has 4 nitrogen and oxygen atoms in total. The first-order valence-electron chi connectivity index (χ1n) is 7.78. The molecule has 120 valence electrons. The van der Waals surface area contributed by atoms with Crippen LogP contribution in [0.5, 0.6) is 0 Å². The number of carbonyl (C=O) groups is 2. The van der Waals surface area contributed by atoms with Crippen LogP contribution in [0, 0.1) is 5.92 Å². The van der Waals surface area contributed by atoms with Crippen LogP contribution in [-0.2, 0) is 22.6 Å². The van der Waals surface area contributed by atoms with E-state index in [4.69, 9.17) is 0 Å². The molecule has 0 bridgehead atoms. The molecule has 2 heterocycles. The number of amides is 2. The van der Waals surface area contributed by atoms with Gasteiger partial charge in [0, 0.05) is 30.0 Å². The maximum Gasteiger partial charge on any atom is 0.227 e. The van der Waals surface area contributed by atoms with Crippen LogP contribution in [0.4, 0.5) is 5.69 Å². The lowest BCUT2D eigenvalue weighted by Gasteiger charge is -2.25. The zero-order chi connectivity index (χ0) is 16.2. The van der Waals surface area contributed by atoms with Crippen molar-refractivity contribution < 1.29 is 9.59 Å². The van der Waals surface area contributed by atoms with Gasteiger partial charge in [0.05, 0.1) is 6.54 Å². The van der Waals surface area contributed by atoms with E-state index in [9.17, 15) is 9.59 Å². The van der Waals surface area contributed by atoms with Gasteiger partial charge < -0.3 is 10.2 Å². The molecular weight excluding hydrogens is 308 g/mol. The molecule has 0 spiro atoms. The Morgan fingerprint density at radius 1 is 1.30 bits per heavy atom. The first-order valence-corrected chi connectivity index (χ1v) is 8.66. The summed E-state index contributed by atoms with van der Waals surface area (Å²) in [5, 5.41) is 4.95. The Balaban J connectivity index is 1.54. The van der Waals surface area contributed by atoms with Gasteiger partial charge in [-0.2, -0.15) is 0 Å². The lowest BCUT2D eigenvalue weighted by atomic mass is 9.89. The molecule has 3 rings (SSSR count). The van der Waals surface area contributed by atoms with Crippen LogP contribution in [0.25, 0.3) is 0 Å². The van der Waals surface area contributed by atoms with Gasteiger partial charge in [-0.25, -0.2) is 0 Å². The minimum Gasteiger partial charge on any atom is -0.341 e. The molecule has 5 heteroatoms. The Labute approximate surface area is 140 Å². The zero-order valence-electron chi connectivity index (χ0n) is 13.1. The Morgan fingerprint density at radius 3 is 2.91 bits per heavy atom. The van der Waals surface area contributed by atoms with E-state index in [0.29, 0.717) is 25.8 Å². The number of benzene rings is 1. The van der Waals surface area contributed by atoms with Crippen LogP contribution < -0.4 is 5.32 Å². The van der Waals surface area contributed by atoms with Crippen molar-refractivity contribution in [3.8, 4) is 0 Å². The van der Waals surface area contributed by atoms with Crippen molar-refractivity contribution in [3.63, 3.8) is 0 Å². The van der Waals surface area contributed by atoms with E-state index in [1.165, 1.54) is 4.88 Å². The summed E-state index contributed by atoms with van der Waals surface area (Å²) in [4.78, 5) is 27.3. The number of hydrogen-bond donors (Lipinski definition) is 1. The second kappa shape index (κ2) is 6.96. The number of anilines is 1. The lowest BCUT2D eigenvalue weighted by Crippen LogP contribution is -2.32. The third-order valence-corrected chi connectivity index (χ3v) is 5.08. The van der Waals surface area contributed by atoms with Gasteiger partial charge >= 0.3 is 0 Å². The van der Waals surface area contributed by atoms with Gasteiger partial charge in [0.15, 0.2) is 0 Å². The first-order chi connectivity index (χ1) is 11.1. The van der Waals surface area contributed by atoms with Crippen molar-refractivity contribution in [2.45, 2.75) is 25.8 Å². The third-order valence-electron chi connectivity index (χ3n) is 4.22. The number of hydrogen-bond acceptors (Lipinski definition) is 3. The number of para-hydroxylation sites is 1. The standard InChI is InChI=1S/C18H20N2O2S/c1-20(12-15-6-4-10-23-15)17(21)9-8-14-11-13-5-2-3-7-16(13)19-18(14)22/h2-7,10,14H,8-9,11-12H2,1H3,(H,19,22). The zero-order valence-corrected chi connectivity index (χ0v) is 13.9. The van der Waals surface area contributed by atoms with E-state index in [2.05, 4.69) is 5.32 Å². The number of rotatable bonds is 5.